The quantitative estimate of drug-likeness (QED) is 0.744. The molecule has 3 nitrogen and oxygen atoms in total. The van der Waals surface area contributed by atoms with Crippen LogP contribution in [0.1, 0.15) is 51.9 Å². The number of fused-ring (bicyclic) bond motifs is 1. The Morgan fingerprint density at radius 1 is 1.22 bits per heavy atom. The predicted octanol–water partition coefficient (Wildman–Crippen LogP) is 4.40. The van der Waals surface area contributed by atoms with E-state index in [1.807, 2.05) is 6.08 Å². The highest BCUT2D eigenvalue weighted by atomic mass is 35.5. The third kappa shape index (κ3) is 4.27. The highest BCUT2D eigenvalue weighted by molar-refractivity contribution is 6.00. The molecule has 0 spiro atoms. The molecule has 2 heterocycles. The summed E-state index contributed by atoms with van der Waals surface area (Å²) in [5.41, 5.74) is 3.36. The number of rotatable bonds is 5. The Balaban J connectivity index is 0.00000192. The highest BCUT2D eigenvalue weighted by Gasteiger charge is 2.30. The molecule has 4 heteroatoms. The van der Waals surface area contributed by atoms with E-state index in [-0.39, 0.29) is 18.3 Å². The summed E-state index contributed by atoms with van der Waals surface area (Å²) in [6.45, 7) is 5.41. The van der Waals surface area contributed by atoms with Gasteiger partial charge in [0.25, 0.3) is 0 Å². The van der Waals surface area contributed by atoms with E-state index < -0.39 is 0 Å². The van der Waals surface area contributed by atoms with Crippen LogP contribution in [0.5, 0.6) is 0 Å². The van der Waals surface area contributed by atoms with Gasteiger partial charge in [-0.2, -0.15) is 0 Å². The van der Waals surface area contributed by atoms with E-state index in [2.05, 4.69) is 11.8 Å². The average Bonchev–Trinajstić information content (AvgIpc) is 2.81. The van der Waals surface area contributed by atoms with Crippen LogP contribution in [-0.2, 0) is 9.53 Å². The van der Waals surface area contributed by atoms with Crippen molar-refractivity contribution < 1.29 is 9.53 Å². The van der Waals surface area contributed by atoms with Gasteiger partial charge in [0.05, 0.1) is 12.5 Å². The maximum Gasteiger partial charge on any atom is 0.163 e. The lowest BCUT2D eigenvalue weighted by Crippen LogP contribution is -2.34. The van der Waals surface area contributed by atoms with Crippen molar-refractivity contribution in [2.75, 3.05) is 19.6 Å². The topological polar surface area (TPSA) is 29.5 Å². The minimum absolute atomic E-state index is 0. The molecule has 23 heavy (non-hydrogen) atoms. The summed E-state index contributed by atoms with van der Waals surface area (Å²) < 4.78 is 5.24. The van der Waals surface area contributed by atoms with Crippen LogP contribution in [0, 0.1) is 5.92 Å². The monoisotopic (exact) mass is 337 g/mol. The number of allylic oxidation sites excluding steroid dienone is 4. The number of carbonyl (C=O) groups excluding carboxylic acids is 1. The molecule has 0 bridgehead atoms. The first-order valence-corrected chi connectivity index (χ1v) is 8.80. The van der Waals surface area contributed by atoms with Crippen LogP contribution in [0.3, 0.4) is 0 Å². The predicted molar refractivity (Wildman–Crippen MR) is 95.5 cm³/mol. The molecule has 1 aliphatic carbocycles. The van der Waals surface area contributed by atoms with Gasteiger partial charge in [-0.3, -0.25) is 4.79 Å². The summed E-state index contributed by atoms with van der Waals surface area (Å²) in [4.78, 5) is 15.5. The van der Waals surface area contributed by atoms with Gasteiger partial charge < -0.3 is 9.64 Å². The smallest absolute Gasteiger partial charge is 0.163 e. The Labute approximate surface area is 145 Å². The van der Waals surface area contributed by atoms with E-state index in [9.17, 15) is 4.79 Å². The zero-order chi connectivity index (χ0) is 15.4. The van der Waals surface area contributed by atoms with Gasteiger partial charge in [0.2, 0.25) is 0 Å². The van der Waals surface area contributed by atoms with Crippen molar-refractivity contribution in [3.8, 4) is 0 Å². The largest absolute Gasteiger partial charge is 0.472 e. The SMILES string of the molecule is CCC(CN1CCCCCC1)C(=O)C1=C2C=COC=C2CC1.Cl. The number of ketones is 1. The molecule has 128 valence electrons. The van der Waals surface area contributed by atoms with Crippen LogP contribution in [0.15, 0.2) is 35.3 Å². The van der Waals surface area contributed by atoms with E-state index in [1.54, 1.807) is 12.5 Å². The Hall–Kier alpha value is -1.06. The van der Waals surface area contributed by atoms with Gasteiger partial charge in [0.15, 0.2) is 5.78 Å². The minimum Gasteiger partial charge on any atom is -0.472 e. The molecule has 1 saturated heterocycles. The molecular weight excluding hydrogens is 310 g/mol. The number of Topliss-reactive ketones (excluding diaryl/α,β-unsaturated/α-hetero) is 1. The number of likely N-dealkylation sites (tertiary alicyclic amines) is 1. The van der Waals surface area contributed by atoms with Crippen molar-refractivity contribution in [3.05, 3.63) is 35.3 Å². The maximum absolute atomic E-state index is 13.0. The van der Waals surface area contributed by atoms with Crippen LogP contribution in [0.4, 0.5) is 0 Å². The fourth-order valence-corrected chi connectivity index (χ4v) is 3.81. The third-order valence-corrected chi connectivity index (χ3v) is 5.18. The van der Waals surface area contributed by atoms with Crippen LogP contribution in [0.2, 0.25) is 0 Å². The number of nitrogens with zero attached hydrogens (tertiary/aromatic N) is 1. The van der Waals surface area contributed by atoms with Crippen molar-refractivity contribution >= 4 is 18.2 Å². The lowest BCUT2D eigenvalue weighted by molar-refractivity contribution is -0.120. The Kier molecular flexibility index (Phi) is 6.91. The summed E-state index contributed by atoms with van der Waals surface area (Å²) in [6, 6.07) is 0. The first-order valence-electron chi connectivity index (χ1n) is 8.80. The van der Waals surface area contributed by atoms with Crippen molar-refractivity contribution in [2.24, 2.45) is 5.92 Å². The normalized spacial score (nSPS) is 22.6. The third-order valence-electron chi connectivity index (χ3n) is 5.18. The lowest BCUT2D eigenvalue weighted by Gasteiger charge is -2.25. The number of ether oxygens (including phenoxy) is 1. The molecular formula is C19H28ClNO2. The summed E-state index contributed by atoms with van der Waals surface area (Å²) in [5.74, 6) is 0.521. The second kappa shape index (κ2) is 8.70. The number of halogens is 1. The van der Waals surface area contributed by atoms with E-state index in [0.717, 1.165) is 50.0 Å². The Morgan fingerprint density at radius 3 is 2.65 bits per heavy atom. The lowest BCUT2D eigenvalue weighted by atomic mass is 9.92. The molecule has 0 amide bonds. The van der Waals surface area contributed by atoms with E-state index in [4.69, 9.17) is 4.74 Å². The van der Waals surface area contributed by atoms with Crippen molar-refractivity contribution in [2.45, 2.75) is 51.9 Å². The molecule has 0 saturated carbocycles. The van der Waals surface area contributed by atoms with Gasteiger partial charge in [0, 0.05) is 18.0 Å². The molecule has 2 aliphatic heterocycles. The zero-order valence-electron chi connectivity index (χ0n) is 14.1. The molecule has 0 aromatic rings. The van der Waals surface area contributed by atoms with Gasteiger partial charge in [0.1, 0.15) is 0 Å². The molecule has 0 radical (unpaired) electrons. The summed E-state index contributed by atoms with van der Waals surface area (Å²) in [6.07, 6.45) is 13.5. The van der Waals surface area contributed by atoms with E-state index >= 15 is 0 Å². The second-order valence-corrected chi connectivity index (χ2v) is 6.66. The maximum atomic E-state index is 13.0. The molecule has 1 fully saturated rings. The summed E-state index contributed by atoms with van der Waals surface area (Å²) >= 11 is 0. The van der Waals surface area contributed by atoms with Crippen LogP contribution in [0.25, 0.3) is 0 Å². The van der Waals surface area contributed by atoms with Crippen molar-refractivity contribution in [1.29, 1.82) is 0 Å². The Morgan fingerprint density at radius 2 is 1.96 bits per heavy atom. The van der Waals surface area contributed by atoms with E-state index in [0.29, 0.717) is 5.78 Å². The fourth-order valence-electron chi connectivity index (χ4n) is 3.81. The summed E-state index contributed by atoms with van der Waals surface area (Å²) in [7, 11) is 0. The first-order chi connectivity index (χ1) is 10.8. The van der Waals surface area contributed by atoms with Gasteiger partial charge in [-0.15, -0.1) is 12.4 Å². The van der Waals surface area contributed by atoms with Crippen LogP contribution < -0.4 is 0 Å². The minimum atomic E-state index is 0. The standard InChI is InChI=1S/C19H27NO2.ClH/c1-2-15(13-20-10-5-3-4-6-11-20)19(21)18-8-7-16-14-22-12-9-17(16)18;/h9,12,14-15H,2-8,10-11,13H2,1H3;1H. The van der Waals surface area contributed by atoms with Gasteiger partial charge >= 0.3 is 0 Å². The zero-order valence-corrected chi connectivity index (χ0v) is 14.9. The molecule has 3 aliphatic rings. The van der Waals surface area contributed by atoms with Crippen LogP contribution in [-0.4, -0.2) is 30.3 Å². The Bertz CT molecular complexity index is 513. The molecule has 3 rings (SSSR count). The van der Waals surface area contributed by atoms with Crippen molar-refractivity contribution in [3.63, 3.8) is 0 Å². The molecule has 0 aromatic carbocycles. The molecule has 0 N–H and O–H groups in total. The van der Waals surface area contributed by atoms with Crippen LogP contribution >= 0.6 is 12.4 Å². The second-order valence-electron chi connectivity index (χ2n) is 6.66. The van der Waals surface area contributed by atoms with Gasteiger partial charge in [-0.05, 0) is 62.4 Å². The molecule has 1 unspecified atom stereocenters. The number of hydrogen-bond acceptors (Lipinski definition) is 3. The van der Waals surface area contributed by atoms with Gasteiger partial charge in [-0.1, -0.05) is 19.8 Å². The fraction of sp³-hybridized carbons (Fsp3) is 0.632. The highest BCUT2D eigenvalue weighted by Crippen LogP contribution is 2.36. The molecule has 1 atom stereocenters. The first kappa shape index (κ1) is 18.3. The number of hydrogen-bond donors (Lipinski definition) is 0. The summed E-state index contributed by atoms with van der Waals surface area (Å²) in [5, 5.41) is 0. The van der Waals surface area contributed by atoms with Crippen molar-refractivity contribution in [1.82, 2.24) is 4.90 Å². The number of carbonyl (C=O) groups is 1. The van der Waals surface area contributed by atoms with Gasteiger partial charge in [-0.25, -0.2) is 0 Å². The molecule has 0 aromatic heterocycles. The average molecular weight is 338 g/mol. The van der Waals surface area contributed by atoms with E-state index in [1.165, 1.54) is 31.3 Å².